The number of nitrogens with zero attached hydrogens (tertiary/aromatic N) is 2. The van der Waals surface area contributed by atoms with E-state index in [0.29, 0.717) is 36.0 Å². The fraction of sp³-hybridized carbons (Fsp3) is 0.333. The van der Waals surface area contributed by atoms with Crippen molar-refractivity contribution in [1.29, 1.82) is 0 Å². The third-order valence-corrected chi connectivity index (χ3v) is 6.53. The van der Waals surface area contributed by atoms with Crippen molar-refractivity contribution in [3.05, 3.63) is 47.6 Å². The van der Waals surface area contributed by atoms with Crippen LogP contribution in [-0.4, -0.2) is 43.8 Å². The van der Waals surface area contributed by atoms with Crippen molar-refractivity contribution in [2.45, 2.75) is 17.7 Å². The van der Waals surface area contributed by atoms with Gasteiger partial charge in [-0.1, -0.05) is 11.6 Å². The number of rotatable bonds is 5. The molecule has 0 radical (unpaired) electrons. The van der Waals surface area contributed by atoms with E-state index in [4.69, 9.17) is 16.3 Å². The van der Waals surface area contributed by atoms with Crippen LogP contribution in [0.5, 0.6) is 5.75 Å². The molecule has 0 spiro atoms. The van der Waals surface area contributed by atoms with E-state index < -0.39 is 15.9 Å². The number of anilines is 1. The van der Waals surface area contributed by atoms with Crippen molar-refractivity contribution in [3.63, 3.8) is 0 Å². The first-order valence-corrected chi connectivity index (χ1v) is 10.3. The Bertz CT molecular complexity index is 901. The molecular weight excluding hydrogens is 390 g/mol. The van der Waals surface area contributed by atoms with E-state index >= 15 is 0 Å². The average molecular weight is 410 g/mol. The van der Waals surface area contributed by atoms with Gasteiger partial charge >= 0.3 is 0 Å². The zero-order chi connectivity index (χ0) is 19.4. The highest BCUT2D eigenvalue weighted by molar-refractivity contribution is 7.89. The van der Waals surface area contributed by atoms with Gasteiger partial charge in [-0.05, 0) is 49.2 Å². The first-order chi connectivity index (χ1) is 12.9. The number of piperidine rings is 1. The molecule has 1 aliphatic heterocycles. The van der Waals surface area contributed by atoms with E-state index in [9.17, 15) is 13.2 Å². The Labute approximate surface area is 163 Å². The zero-order valence-electron chi connectivity index (χ0n) is 14.8. The van der Waals surface area contributed by atoms with Crippen LogP contribution in [0, 0.1) is 5.92 Å². The Balaban J connectivity index is 1.70. The minimum atomic E-state index is -3.67. The Morgan fingerprint density at radius 3 is 2.63 bits per heavy atom. The largest absolute Gasteiger partial charge is 0.497 e. The topological polar surface area (TPSA) is 88.6 Å². The third kappa shape index (κ3) is 4.58. The fourth-order valence-corrected chi connectivity index (χ4v) is 4.59. The summed E-state index contributed by atoms with van der Waals surface area (Å²) in [5, 5.41) is 3.19. The second-order valence-electron chi connectivity index (χ2n) is 6.23. The molecule has 0 aliphatic carbocycles. The van der Waals surface area contributed by atoms with Crippen LogP contribution in [0.15, 0.2) is 47.5 Å². The summed E-state index contributed by atoms with van der Waals surface area (Å²) in [6.07, 6.45) is 2.67. The molecule has 2 heterocycles. The SMILES string of the molecule is COc1ccc(S(=O)(=O)N2CCCC(C(=O)Nc3ccc(Cl)cn3)C2)cc1. The monoisotopic (exact) mass is 409 g/mol. The highest BCUT2D eigenvalue weighted by Gasteiger charge is 2.33. The fourth-order valence-electron chi connectivity index (χ4n) is 2.95. The molecular formula is C18H20ClN3O4S. The lowest BCUT2D eigenvalue weighted by Gasteiger charge is -2.31. The molecule has 9 heteroatoms. The summed E-state index contributed by atoms with van der Waals surface area (Å²) in [5.74, 6) is 0.281. The van der Waals surface area contributed by atoms with E-state index in [1.165, 1.54) is 29.7 Å². The first-order valence-electron chi connectivity index (χ1n) is 8.47. The molecule has 0 saturated carbocycles. The molecule has 0 bridgehead atoms. The van der Waals surface area contributed by atoms with Crippen LogP contribution in [0.3, 0.4) is 0 Å². The van der Waals surface area contributed by atoms with E-state index in [-0.39, 0.29) is 17.3 Å². The van der Waals surface area contributed by atoms with Gasteiger partial charge in [-0.25, -0.2) is 13.4 Å². The number of methoxy groups -OCH3 is 1. The Kier molecular flexibility index (Phi) is 5.98. The van der Waals surface area contributed by atoms with E-state index in [1.807, 2.05) is 0 Å². The van der Waals surface area contributed by atoms with Crippen molar-refractivity contribution in [1.82, 2.24) is 9.29 Å². The van der Waals surface area contributed by atoms with E-state index in [2.05, 4.69) is 10.3 Å². The van der Waals surface area contributed by atoms with E-state index in [1.54, 1.807) is 24.3 Å². The predicted molar refractivity (Wildman–Crippen MR) is 102 cm³/mol. The second kappa shape index (κ2) is 8.24. The lowest BCUT2D eigenvalue weighted by Crippen LogP contribution is -2.43. The molecule has 1 aromatic heterocycles. The van der Waals surface area contributed by atoms with Crippen molar-refractivity contribution >= 4 is 33.3 Å². The number of amides is 1. The minimum absolute atomic E-state index is 0.133. The lowest BCUT2D eigenvalue weighted by molar-refractivity contribution is -0.120. The van der Waals surface area contributed by atoms with Crippen LogP contribution in [0.4, 0.5) is 5.82 Å². The lowest BCUT2D eigenvalue weighted by atomic mass is 9.99. The molecule has 7 nitrogen and oxygen atoms in total. The summed E-state index contributed by atoms with van der Waals surface area (Å²) in [5.41, 5.74) is 0. The molecule has 1 unspecified atom stereocenters. The maximum absolute atomic E-state index is 12.9. The summed E-state index contributed by atoms with van der Waals surface area (Å²) >= 11 is 5.79. The van der Waals surface area contributed by atoms with Crippen LogP contribution >= 0.6 is 11.6 Å². The van der Waals surface area contributed by atoms with E-state index in [0.717, 1.165) is 0 Å². The van der Waals surface area contributed by atoms with Crippen LogP contribution in [-0.2, 0) is 14.8 Å². The van der Waals surface area contributed by atoms with Gasteiger partial charge in [0.25, 0.3) is 0 Å². The summed E-state index contributed by atoms with van der Waals surface area (Å²) in [6.45, 7) is 0.519. The zero-order valence-corrected chi connectivity index (χ0v) is 16.3. The Hall–Kier alpha value is -2.16. The number of aromatic nitrogens is 1. The summed E-state index contributed by atoms with van der Waals surface area (Å²) < 4.78 is 32.2. The highest BCUT2D eigenvalue weighted by Crippen LogP contribution is 2.26. The van der Waals surface area contributed by atoms with Gasteiger partial charge < -0.3 is 10.1 Å². The van der Waals surface area contributed by atoms with Gasteiger partial charge in [0.2, 0.25) is 15.9 Å². The second-order valence-corrected chi connectivity index (χ2v) is 8.60. The Morgan fingerprint density at radius 2 is 2.00 bits per heavy atom. The van der Waals surface area contributed by atoms with Gasteiger partial charge in [-0.15, -0.1) is 0 Å². The van der Waals surface area contributed by atoms with Gasteiger partial charge in [0.1, 0.15) is 11.6 Å². The molecule has 1 fully saturated rings. The quantitative estimate of drug-likeness (QED) is 0.820. The van der Waals surface area contributed by atoms with Gasteiger partial charge in [-0.2, -0.15) is 4.31 Å². The van der Waals surface area contributed by atoms with Crippen LogP contribution in [0.1, 0.15) is 12.8 Å². The number of nitrogens with one attached hydrogen (secondary N) is 1. The number of halogens is 1. The molecule has 1 aliphatic rings. The average Bonchev–Trinajstić information content (AvgIpc) is 2.70. The standard InChI is InChI=1S/C18H20ClN3O4S/c1-26-15-5-7-16(8-6-15)27(24,25)22-10-2-3-13(12-22)18(23)21-17-9-4-14(19)11-20-17/h4-9,11,13H,2-3,10,12H2,1H3,(H,20,21,23). The number of benzene rings is 1. The summed E-state index contributed by atoms with van der Waals surface area (Å²) in [4.78, 5) is 16.7. The number of pyridine rings is 1. The molecule has 27 heavy (non-hydrogen) atoms. The van der Waals surface area contributed by atoms with Crippen LogP contribution in [0.2, 0.25) is 5.02 Å². The number of ether oxygens (including phenoxy) is 1. The van der Waals surface area contributed by atoms with Crippen molar-refractivity contribution in [2.75, 3.05) is 25.5 Å². The Morgan fingerprint density at radius 1 is 1.26 bits per heavy atom. The first kappa shape index (κ1) is 19.6. The normalized spacial score (nSPS) is 18.1. The highest BCUT2D eigenvalue weighted by atomic mass is 35.5. The molecule has 1 saturated heterocycles. The molecule has 3 rings (SSSR count). The third-order valence-electron chi connectivity index (χ3n) is 4.43. The van der Waals surface area contributed by atoms with Crippen LogP contribution < -0.4 is 10.1 Å². The maximum atomic E-state index is 12.9. The molecule has 1 amide bonds. The van der Waals surface area contributed by atoms with Gasteiger partial charge in [-0.3, -0.25) is 4.79 Å². The molecule has 2 aromatic rings. The molecule has 1 N–H and O–H groups in total. The smallest absolute Gasteiger partial charge is 0.243 e. The predicted octanol–water partition coefficient (Wildman–Crippen LogP) is 2.78. The van der Waals surface area contributed by atoms with Crippen molar-refractivity contribution in [2.24, 2.45) is 5.92 Å². The maximum Gasteiger partial charge on any atom is 0.243 e. The molecule has 1 atom stereocenters. The van der Waals surface area contributed by atoms with Crippen LogP contribution in [0.25, 0.3) is 0 Å². The van der Waals surface area contributed by atoms with Gasteiger partial charge in [0, 0.05) is 19.3 Å². The van der Waals surface area contributed by atoms with Crippen molar-refractivity contribution in [3.8, 4) is 5.75 Å². The number of hydrogen-bond donors (Lipinski definition) is 1. The number of hydrogen-bond acceptors (Lipinski definition) is 5. The van der Waals surface area contributed by atoms with Crippen molar-refractivity contribution < 1.29 is 17.9 Å². The molecule has 144 valence electrons. The van der Waals surface area contributed by atoms with Gasteiger partial charge in [0.05, 0.1) is 22.9 Å². The number of sulfonamides is 1. The number of carbonyl (C=O) groups excluding carboxylic acids is 1. The summed E-state index contributed by atoms with van der Waals surface area (Å²) in [6, 6.07) is 9.46. The molecule has 1 aromatic carbocycles. The summed E-state index contributed by atoms with van der Waals surface area (Å²) in [7, 11) is -2.15. The number of carbonyl (C=O) groups is 1. The van der Waals surface area contributed by atoms with Gasteiger partial charge in [0.15, 0.2) is 0 Å². The minimum Gasteiger partial charge on any atom is -0.497 e.